The van der Waals surface area contributed by atoms with E-state index >= 15 is 0 Å². The number of fused-ring (bicyclic) bond motifs is 1. The molecule has 1 aromatic heterocycles. The molecular formula is C18H16Cl2N2OS. The van der Waals surface area contributed by atoms with Crippen LogP contribution in [0.25, 0.3) is 10.2 Å². The minimum absolute atomic E-state index is 0.0300. The van der Waals surface area contributed by atoms with Gasteiger partial charge in [0, 0.05) is 29.4 Å². The Bertz CT molecular complexity index is 810. The first kappa shape index (κ1) is 17.2. The van der Waals surface area contributed by atoms with Crippen LogP contribution in [0.1, 0.15) is 17.0 Å². The minimum Gasteiger partial charge on any atom is -0.356 e. The van der Waals surface area contributed by atoms with Crippen LogP contribution in [-0.4, -0.2) is 17.4 Å². The van der Waals surface area contributed by atoms with Gasteiger partial charge in [-0.1, -0.05) is 35.3 Å². The molecule has 0 fully saturated rings. The number of nitrogens with one attached hydrogen (secondary N) is 1. The number of thiazole rings is 1. The normalized spacial score (nSPS) is 10.9. The molecule has 124 valence electrons. The van der Waals surface area contributed by atoms with E-state index in [2.05, 4.69) is 10.3 Å². The molecule has 0 radical (unpaired) electrons. The summed E-state index contributed by atoms with van der Waals surface area (Å²) in [6.45, 7) is 0.565. The second kappa shape index (κ2) is 7.97. The van der Waals surface area contributed by atoms with E-state index in [1.807, 2.05) is 36.4 Å². The van der Waals surface area contributed by atoms with Gasteiger partial charge in [0.25, 0.3) is 0 Å². The summed E-state index contributed by atoms with van der Waals surface area (Å²) in [5.41, 5.74) is 2.01. The highest BCUT2D eigenvalue weighted by Gasteiger charge is 2.07. The van der Waals surface area contributed by atoms with Gasteiger partial charge in [-0.2, -0.15) is 0 Å². The van der Waals surface area contributed by atoms with Gasteiger partial charge in [0.1, 0.15) is 0 Å². The highest BCUT2D eigenvalue weighted by Crippen LogP contribution is 2.22. The molecule has 2 aromatic carbocycles. The second-order valence-corrected chi connectivity index (χ2v) is 7.44. The first-order valence-corrected chi connectivity index (χ1v) is 9.23. The Labute approximate surface area is 154 Å². The van der Waals surface area contributed by atoms with Crippen LogP contribution in [0.2, 0.25) is 10.0 Å². The minimum atomic E-state index is 0.0300. The maximum absolute atomic E-state index is 12.0. The smallest absolute Gasteiger partial charge is 0.220 e. The molecule has 0 unspecified atom stereocenters. The van der Waals surface area contributed by atoms with Crippen LogP contribution < -0.4 is 5.32 Å². The summed E-state index contributed by atoms with van der Waals surface area (Å²) in [7, 11) is 0. The number of hydrogen-bond donors (Lipinski definition) is 1. The van der Waals surface area contributed by atoms with Gasteiger partial charge in [0.2, 0.25) is 5.91 Å². The molecule has 3 aromatic rings. The number of amides is 1. The highest BCUT2D eigenvalue weighted by atomic mass is 35.5. The molecule has 3 nitrogen and oxygen atoms in total. The zero-order valence-corrected chi connectivity index (χ0v) is 15.2. The lowest BCUT2D eigenvalue weighted by atomic mass is 10.1. The molecule has 0 bridgehead atoms. The second-order valence-electron chi connectivity index (χ2n) is 5.45. The molecule has 0 atom stereocenters. The fourth-order valence-electron chi connectivity index (χ4n) is 2.44. The fourth-order valence-corrected chi connectivity index (χ4v) is 3.98. The molecular weight excluding hydrogens is 363 g/mol. The number of hydrogen-bond acceptors (Lipinski definition) is 3. The number of halogens is 2. The van der Waals surface area contributed by atoms with Gasteiger partial charge in [0.15, 0.2) is 0 Å². The van der Waals surface area contributed by atoms with E-state index in [0.717, 1.165) is 20.8 Å². The molecule has 0 aliphatic carbocycles. The topological polar surface area (TPSA) is 42.0 Å². The molecule has 1 N–H and O–H groups in total. The summed E-state index contributed by atoms with van der Waals surface area (Å²) >= 11 is 13.6. The van der Waals surface area contributed by atoms with E-state index in [9.17, 15) is 4.79 Å². The molecule has 1 amide bonds. The Morgan fingerprint density at radius 1 is 1.08 bits per heavy atom. The summed E-state index contributed by atoms with van der Waals surface area (Å²) in [6, 6.07) is 13.4. The van der Waals surface area contributed by atoms with Crippen molar-refractivity contribution in [3.8, 4) is 0 Å². The average molecular weight is 379 g/mol. The van der Waals surface area contributed by atoms with Gasteiger partial charge >= 0.3 is 0 Å². The van der Waals surface area contributed by atoms with Crippen LogP contribution >= 0.6 is 34.5 Å². The number of rotatable bonds is 6. The van der Waals surface area contributed by atoms with Crippen molar-refractivity contribution in [1.29, 1.82) is 0 Å². The SMILES string of the molecule is O=C(CCc1nc2ccccc2s1)NCCc1cc(Cl)cc(Cl)c1. The number of para-hydroxylation sites is 1. The number of nitrogens with zero attached hydrogens (tertiary/aromatic N) is 1. The van der Waals surface area contributed by atoms with Gasteiger partial charge in [-0.15, -0.1) is 11.3 Å². The summed E-state index contributed by atoms with van der Waals surface area (Å²) in [4.78, 5) is 16.5. The van der Waals surface area contributed by atoms with Crippen molar-refractivity contribution < 1.29 is 4.79 Å². The Kier molecular flexibility index (Phi) is 5.72. The number of aromatic nitrogens is 1. The van der Waals surface area contributed by atoms with E-state index in [4.69, 9.17) is 23.2 Å². The zero-order chi connectivity index (χ0) is 16.9. The van der Waals surface area contributed by atoms with E-state index < -0.39 is 0 Å². The van der Waals surface area contributed by atoms with Gasteiger partial charge < -0.3 is 5.32 Å². The lowest BCUT2D eigenvalue weighted by molar-refractivity contribution is -0.121. The van der Waals surface area contributed by atoms with E-state index in [0.29, 0.717) is 35.9 Å². The van der Waals surface area contributed by atoms with Crippen molar-refractivity contribution in [2.24, 2.45) is 0 Å². The van der Waals surface area contributed by atoms with Crippen LogP contribution in [-0.2, 0) is 17.6 Å². The molecule has 6 heteroatoms. The third-order valence-electron chi connectivity index (χ3n) is 3.56. The van der Waals surface area contributed by atoms with Crippen LogP contribution in [0.5, 0.6) is 0 Å². The molecule has 24 heavy (non-hydrogen) atoms. The van der Waals surface area contributed by atoms with Crippen molar-refractivity contribution in [3.05, 3.63) is 63.1 Å². The molecule has 3 rings (SSSR count). The quantitative estimate of drug-likeness (QED) is 0.662. The summed E-state index contributed by atoms with van der Waals surface area (Å²) in [5, 5.41) is 5.14. The largest absolute Gasteiger partial charge is 0.356 e. The summed E-state index contributed by atoms with van der Waals surface area (Å²) in [6.07, 6.45) is 1.80. The summed E-state index contributed by atoms with van der Waals surface area (Å²) < 4.78 is 1.16. The first-order chi connectivity index (χ1) is 11.6. The molecule has 0 aliphatic heterocycles. The Morgan fingerprint density at radius 2 is 1.83 bits per heavy atom. The number of carbonyl (C=O) groups is 1. The Balaban J connectivity index is 1.45. The van der Waals surface area contributed by atoms with Crippen molar-refractivity contribution in [1.82, 2.24) is 10.3 Å². The number of carbonyl (C=O) groups excluding carboxylic acids is 1. The van der Waals surface area contributed by atoms with Gasteiger partial charge in [-0.05, 0) is 42.3 Å². The lowest BCUT2D eigenvalue weighted by Gasteiger charge is -2.06. The summed E-state index contributed by atoms with van der Waals surface area (Å²) in [5.74, 6) is 0.0300. The van der Waals surface area contributed by atoms with Gasteiger partial charge in [0.05, 0.1) is 15.2 Å². The predicted molar refractivity (Wildman–Crippen MR) is 101 cm³/mol. The molecule has 0 aliphatic rings. The van der Waals surface area contributed by atoms with Crippen LogP contribution in [0.15, 0.2) is 42.5 Å². The Hall–Kier alpha value is -1.62. The van der Waals surface area contributed by atoms with E-state index in [1.54, 1.807) is 17.4 Å². The zero-order valence-electron chi connectivity index (χ0n) is 12.9. The maximum Gasteiger partial charge on any atom is 0.220 e. The third-order valence-corrected chi connectivity index (χ3v) is 5.09. The van der Waals surface area contributed by atoms with Gasteiger partial charge in [-0.3, -0.25) is 4.79 Å². The van der Waals surface area contributed by atoms with Crippen LogP contribution in [0, 0.1) is 0 Å². The van der Waals surface area contributed by atoms with Crippen molar-refractivity contribution in [3.63, 3.8) is 0 Å². The first-order valence-electron chi connectivity index (χ1n) is 7.66. The number of aryl methyl sites for hydroxylation is 1. The monoisotopic (exact) mass is 378 g/mol. The Morgan fingerprint density at radius 3 is 2.58 bits per heavy atom. The maximum atomic E-state index is 12.0. The van der Waals surface area contributed by atoms with Crippen molar-refractivity contribution >= 4 is 50.7 Å². The molecule has 1 heterocycles. The van der Waals surface area contributed by atoms with Crippen LogP contribution in [0.3, 0.4) is 0 Å². The fraction of sp³-hybridized carbons (Fsp3) is 0.222. The van der Waals surface area contributed by atoms with Crippen LogP contribution in [0.4, 0.5) is 0 Å². The van der Waals surface area contributed by atoms with Crippen molar-refractivity contribution in [2.75, 3.05) is 6.54 Å². The standard InChI is InChI=1S/C18H16Cl2N2OS/c19-13-9-12(10-14(20)11-13)7-8-21-17(23)5-6-18-22-15-3-1-2-4-16(15)24-18/h1-4,9-11H,5-8H2,(H,21,23). The average Bonchev–Trinajstić information content (AvgIpc) is 2.95. The molecule has 0 saturated carbocycles. The molecule has 0 saturated heterocycles. The van der Waals surface area contributed by atoms with E-state index in [-0.39, 0.29) is 5.91 Å². The highest BCUT2D eigenvalue weighted by molar-refractivity contribution is 7.18. The van der Waals surface area contributed by atoms with E-state index in [1.165, 1.54) is 0 Å². The third kappa shape index (κ3) is 4.69. The van der Waals surface area contributed by atoms with Crippen molar-refractivity contribution in [2.45, 2.75) is 19.3 Å². The number of benzene rings is 2. The van der Waals surface area contributed by atoms with Gasteiger partial charge in [-0.25, -0.2) is 4.98 Å². The lowest BCUT2D eigenvalue weighted by Crippen LogP contribution is -2.25. The predicted octanol–water partition coefficient (Wildman–Crippen LogP) is 4.89. The molecule has 0 spiro atoms.